The van der Waals surface area contributed by atoms with Gasteiger partial charge in [0.1, 0.15) is 12.4 Å². The summed E-state index contributed by atoms with van der Waals surface area (Å²) in [5, 5.41) is 9.89. The van der Waals surface area contributed by atoms with Crippen molar-refractivity contribution in [3.05, 3.63) is 85.7 Å². The normalized spacial score (nSPS) is 19.8. The number of halogens is 2. The Morgan fingerprint density at radius 1 is 0.930 bits per heavy atom. The zero-order valence-electron chi connectivity index (χ0n) is 25.2. The van der Waals surface area contributed by atoms with Gasteiger partial charge >= 0.3 is 5.97 Å². The van der Waals surface area contributed by atoms with Crippen LogP contribution in [0.25, 0.3) is 0 Å². The van der Waals surface area contributed by atoms with Crippen molar-refractivity contribution in [2.75, 3.05) is 20.3 Å². The average molecular weight is 627 g/mol. The lowest BCUT2D eigenvalue weighted by molar-refractivity contribution is -0.119. The first-order chi connectivity index (χ1) is 20.2. The number of carbonyl (C=O) groups is 3. The van der Waals surface area contributed by atoms with Crippen LogP contribution >= 0.6 is 23.2 Å². The van der Waals surface area contributed by atoms with Crippen LogP contribution in [0.4, 0.5) is 0 Å². The summed E-state index contributed by atoms with van der Waals surface area (Å²) in [6.45, 7) is 9.45. The third-order valence-electron chi connectivity index (χ3n) is 8.47. The molecule has 2 aliphatic carbocycles. The van der Waals surface area contributed by atoms with Crippen LogP contribution in [0, 0.1) is 10.8 Å². The molecule has 0 saturated heterocycles. The Balaban J connectivity index is 1.69. The summed E-state index contributed by atoms with van der Waals surface area (Å²) in [5.41, 5.74) is 3.99. The Labute approximate surface area is 262 Å². The van der Waals surface area contributed by atoms with Crippen molar-refractivity contribution in [1.82, 2.24) is 4.90 Å². The SMILES string of the molecule is COCCN1C2=C(C(=O)CC(C)(C)C2)C(c2cc(Cl)cc(Cl)c2OCc2ccc(C(=O)O)cc2)C2=C1CC(C)(C)CC2=O. The van der Waals surface area contributed by atoms with Crippen molar-refractivity contribution >= 4 is 40.7 Å². The highest BCUT2D eigenvalue weighted by molar-refractivity contribution is 6.35. The lowest BCUT2D eigenvalue weighted by Crippen LogP contribution is -2.45. The molecule has 0 bridgehead atoms. The van der Waals surface area contributed by atoms with Gasteiger partial charge in [0, 0.05) is 65.5 Å². The topological polar surface area (TPSA) is 93.1 Å². The molecule has 5 rings (SSSR count). The first-order valence-electron chi connectivity index (χ1n) is 14.4. The molecule has 0 amide bonds. The number of carboxylic acids is 1. The van der Waals surface area contributed by atoms with Crippen LogP contribution in [-0.4, -0.2) is 47.8 Å². The Kier molecular flexibility index (Phi) is 8.55. The standard InChI is InChI=1S/C34H37Cl2NO6/c1-33(2)14-24-29(26(38)16-33)28(30-25(37(24)10-11-42-5)15-34(3,4)17-27(30)39)22-12-21(35)13-23(36)31(22)43-18-19-6-8-20(9-7-19)32(40)41/h6-9,12-13,28H,10-11,14-18H2,1-5H3,(H,40,41). The maximum atomic E-state index is 14.1. The number of hydrogen-bond donors (Lipinski definition) is 1. The molecule has 0 fully saturated rings. The first kappa shape index (κ1) is 31.3. The fourth-order valence-corrected chi connectivity index (χ4v) is 7.22. The highest BCUT2D eigenvalue weighted by Crippen LogP contribution is 2.56. The number of hydrogen-bond acceptors (Lipinski definition) is 6. The molecule has 2 aromatic carbocycles. The molecule has 7 nitrogen and oxygen atoms in total. The van der Waals surface area contributed by atoms with E-state index < -0.39 is 11.9 Å². The van der Waals surface area contributed by atoms with Gasteiger partial charge in [-0.2, -0.15) is 0 Å². The molecule has 1 N–H and O–H groups in total. The van der Waals surface area contributed by atoms with Crippen molar-refractivity contribution in [3.8, 4) is 5.75 Å². The largest absolute Gasteiger partial charge is 0.487 e. The number of aromatic carboxylic acids is 1. The van der Waals surface area contributed by atoms with Crippen LogP contribution in [-0.2, 0) is 20.9 Å². The van der Waals surface area contributed by atoms with Gasteiger partial charge in [-0.3, -0.25) is 9.59 Å². The number of Topliss-reactive ketones (excluding diaryl/α,β-unsaturated/α-hetero) is 2. The quantitative estimate of drug-likeness (QED) is 0.323. The van der Waals surface area contributed by atoms with Crippen LogP contribution in [0.1, 0.15) is 80.8 Å². The molecule has 0 unspecified atom stereocenters. The minimum Gasteiger partial charge on any atom is -0.487 e. The highest BCUT2D eigenvalue weighted by atomic mass is 35.5. The van der Waals surface area contributed by atoms with Crippen molar-refractivity contribution in [1.29, 1.82) is 0 Å². The Hall–Kier alpha value is -3.13. The van der Waals surface area contributed by atoms with Crippen LogP contribution in [0.2, 0.25) is 10.0 Å². The zero-order chi connectivity index (χ0) is 31.3. The first-order valence-corrected chi connectivity index (χ1v) is 15.2. The smallest absolute Gasteiger partial charge is 0.335 e. The van der Waals surface area contributed by atoms with Gasteiger partial charge in [0.25, 0.3) is 0 Å². The van der Waals surface area contributed by atoms with Crippen molar-refractivity contribution in [3.63, 3.8) is 0 Å². The number of benzene rings is 2. The van der Waals surface area contributed by atoms with Gasteiger partial charge < -0.3 is 19.5 Å². The van der Waals surface area contributed by atoms with Crippen LogP contribution < -0.4 is 4.74 Å². The minimum absolute atomic E-state index is 0.00541. The molecule has 3 aliphatic rings. The van der Waals surface area contributed by atoms with E-state index in [1.54, 1.807) is 31.4 Å². The molecule has 43 heavy (non-hydrogen) atoms. The van der Waals surface area contributed by atoms with Gasteiger partial charge in [-0.05, 0) is 53.5 Å². The Morgan fingerprint density at radius 2 is 1.49 bits per heavy atom. The Bertz CT molecular complexity index is 1500. The monoisotopic (exact) mass is 625 g/mol. The van der Waals surface area contributed by atoms with Crippen molar-refractivity contribution in [2.45, 2.75) is 65.9 Å². The zero-order valence-corrected chi connectivity index (χ0v) is 26.7. The van der Waals surface area contributed by atoms with Crippen LogP contribution in [0.3, 0.4) is 0 Å². The summed E-state index contributed by atoms with van der Waals surface area (Å²) >= 11 is 13.4. The second-order valence-corrected chi connectivity index (χ2v) is 14.1. The summed E-state index contributed by atoms with van der Waals surface area (Å²) in [7, 11) is 1.65. The molecular formula is C34H37Cl2NO6. The maximum absolute atomic E-state index is 14.1. The number of nitrogens with zero attached hydrogens (tertiary/aromatic N) is 1. The molecule has 1 aliphatic heterocycles. The molecule has 0 atom stereocenters. The molecule has 2 aromatic rings. The lowest BCUT2D eigenvalue weighted by atomic mass is 9.63. The molecule has 0 aromatic heterocycles. The highest BCUT2D eigenvalue weighted by Gasteiger charge is 2.49. The van der Waals surface area contributed by atoms with Gasteiger partial charge in [0.05, 0.1) is 17.2 Å². The fourth-order valence-electron chi connectivity index (χ4n) is 6.66. The number of carboxylic acid groups (broad SMARTS) is 1. The summed E-state index contributed by atoms with van der Waals surface area (Å²) < 4.78 is 11.8. The molecule has 228 valence electrons. The second kappa shape index (κ2) is 11.8. The van der Waals surface area contributed by atoms with Gasteiger partial charge in [-0.1, -0.05) is 63.0 Å². The molecule has 0 radical (unpaired) electrons. The lowest BCUT2D eigenvalue weighted by Gasteiger charge is -2.49. The van der Waals surface area contributed by atoms with Gasteiger partial charge in [-0.25, -0.2) is 4.79 Å². The molecule has 0 saturated carbocycles. The molecule has 0 spiro atoms. The van der Waals surface area contributed by atoms with Gasteiger partial charge in [0.15, 0.2) is 11.6 Å². The van der Waals surface area contributed by atoms with E-state index in [0.29, 0.717) is 66.3 Å². The van der Waals surface area contributed by atoms with E-state index in [1.165, 1.54) is 12.1 Å². The molecule has 1 heterocycles. The van der Waals surface area contributed by atoms with Crippen molar-refractivity contribution < 1.29 is 29.0 Å². The van der Waals surface area contributed by atoms with E-state index >= 15 is 0 Å². The van der Waals surface area contributed by atoms with Crippen molar-refractivity contribution in [2.24, 2.45) is 10.8 Å². The molecule has 9 heteroatoms. The number of ether oxygens (including phenoxy) is 2. The van der Waals surface area contributed by atoms with Crippen LogP contribution in [0.5, 0.6) is 5.75 Å². The van der Waals surface area contributed by atoms with E-state index in [9.17, 15) is 19.5 Å². The third kappa shape index (κ3) is 6.26. The number of allylic oxidation sites excluding steroid dienone is 4. The number of carbonyl (C=O) groups excluding carboxylic acids is 2. The summed E-state index contributed by atoms with van der Waals surface area (Å²) in [6.07, 6.45) is 2.03. The number of rotatable bonds is 8. The maximum Gasteiger partial charge on any atom is 0.335 e. The van der Waals surface area contributed by atoms with Crippen LogP contribution in [0.15, 0.2) is 58.9 Å². The predicted molar refractivity (Wildman–Crippen MR) is 166 cm³/mol. The van der Waals surface area contributed by atoms with Gasteiger partial charge in [-0.15, -0.1) is 0 Å². The predicted octanol–water partition coefficient (Wildman–Crippen LogP) is 7.60. The number of ketones is 2. The number of methoxy groups -OCH3 is 1. The fraction of sp³-hybridized carbons (Fsp3) is 0.441. The average Bonchev–Trinajstić information content (AvgIpc) is 2.89. The van der Waals surface area contributed by atoms with E-state index in [4.69, 9.17) is 32.7 Å². The van der Waals surface area contributed by atoms with E-state index in [2.05, 4.69) is 32.6 Å². The van der Waals surface area contributed by atoms with E-state index in [0.717, 1.165) is 17.0 Å². The van der Waals surface area contributed by atoms with E-state index in [1.807, 2.05) is 0 Å². The Morgan fingerprint density at radius 3 is 2.00 bits per heavy atom. The summed E-state index contributed by atoms with van der Waals surface area (Å²) in [4.78, 5) is 41.7. The minimum atomic E-state index is -1.01. The second-order valence-electron chi connectivity index (χ2n) is 13.3. The third-order valence-corrected chi connectivity index (χ3v) is 8.97. The summed E-state index contributed by atoms with van der Waals surface area (Å²) in [6, 6.07) is 9.73. The van der Waals surface area contributed by atoms with E-state index in [-0.39, 0.29) is 39.6 Å². The summed E-state index contributed by atoms with van der Waals surface area (Å²) in [5.74, 6) is -1.36. The molecular weight excluding hydrogens is 589 g/mol. The van der Waals surface area contributed by atoms with Gasteiger partial charge in [0.2, 0.25) is 0 Å².